The van der Waals surface area contributed by atoms with Gasteiger partial charge in [-0.1, -0.05) is 12.1 Å². The molecular weight excluding hydrogens is 386 g/mol. The topological polar surface area (TPSA) is 102 Å². The van der Waals surface area contributed by atoms with Gasteiger partial charge < -0.3 is 14.2 Å². The van der Waals surface area contributed by atoms with Gasteiger partial charge in [0, 0.05) is 44.3 Å². The Kier molecular flexibility index (Phi) is 7.20. The monoisotopic (exact) mass is 411 g/mol. The molecule has 1 amide bonds. The number of rotatable bonds is 10. The van der Waals surface area contributed by atoms with Gasteiger partial charge in [-0.25, -0.2) is 9.78 Å². The zero-order valence-electron chi connectivity index (χ0n) is 16.9. The number of aromatic amines is 1. The summed E-state index contributed by atoms with van der Waals surface area (Å²) in [6.45, 7) is 4.03. The minimum atomic E-state index is -0.602. The lowest BCUT2D eigenvalue weighted by molar-refractivity contribution is -0.132. The number of nitrogens with zero attached hydrogens (tertiary/aromatic N) is 4. The van der Waals surface area contributed by atoms with E-state index < -0.39 is 11.2 Å². The van der Waals surface area contributed by atoms with Crippen molar-refractivity contribution in [1.29, 1.82) is 0 Å². The summed E-state index contributed by atoms with van der Waals surface area (Å²) in [4.78, 5) is 44.0. The number of ether oxygens (including phenoxy) is 1. The molecule has 1 N–H and O–H groups in total. The zero-order chi connectivity index (χ0) is 21.3. The lowest BCUT2D eigenvalue weighted by Gasteiger charge is -2.23. The predicted octanol–water partition coefficient (Wildman–Crippen LogP) is 1.25. The minimum absolute atomic E-state index is 0.141. The predicted molar refractivity (Wildman–Crippen MR) is 111 cm³/mol. The molecule has 0 unspecified atom stereocenters. The third-order valence-electron chi connectivity index (χ3n) is 4.57. The standard InChI is InChI=1S/C21H25N5O4/c1-2-30-18-6-4-17(5-7-18)14-25(11-3-10-24-13-9-22-16-24)20(28)15-26-12-8-19(27)23-21(26)29/h4-9,12-13,16H,2-3,10-11,14-15H2,1H3,(H,23,27,29). The van der Waals surface area contributed by atoms with Gasteiger partial charge in [0.2, 0.25) is 5.91 Å². The third kappa shape index (κ3) is 5.94. The summed E-state index contributed by atoms with van der Waals surface area (Å²) in [6, 6.07) is 8.82. The average molecular weight is 411 g/mol. The molecule has 9 heteroatoms. The molecule has 0 radical (unpaired) electrons. The van der Waals surface area contributed by atoms with Crippen molar-refractivity contribution in [3.8, 4) is 5.75 Å². The van der Waals surface area contributed by atoms with E-state index >= 15 is 0 Å². The Bertz CT molecular complexity index is 1050. The lowest BCUT2D eigenvalue weighted by Crippen LogP contribution is -2.38. The molecular formula is C21H25N5O4. The molecule has 3 aromatic rings. The molecule has 0 spiro atoms. The number of benzene rings is 1. The molecule has 0 saturated carbocycles. The minimum Gasteiger partial charge on any atom is -0.494 e. The van der Waals surface area contributed by atoms with Gasteiger partial charge in [-0.2, -0.15) is 0 Å². The fourth-order valence-electron chi connectivity index (χ4n) is 3.05. The second-order valence-electron chi connectivity index (χ2n) is 6.78. The van der Waals surface area contributed by atoms with Crippen molar-refractivity contribution >= 4 is 5.91 Å². The van der Waals surface area contributed by atoms with Gasteiger partial charge in [0.1, 0.15) is 12.3 Å². The normalized spacial score (nSPS) is 10.7. The van der Waals surface area contributed by atoms with E-state index in [2.05, 4.69) is 9.97 Å². The van der Waals surface area contributed by atoms with Crippen molar-refractivity contribution in [3.05, 3.63) is 81.7 Å². The van der Waals surface area contributed by atoms with Crippen LogP contribution in [0.5, 0.6) is 5.75 Å². The van der Waals surface area contributed by atoms with Crippen LogP contribution in [0.2, 0.25) is 0 Å². The molecule has 0 aliphatic heterocycles. The van der Waals surface area contributed by atoms with Gasteiger partial charge in [-0.3, -0.25) is 19.1 Å². The van der Waals surface area contributed by atoms with Crippen LogP contribution in [0.1, 0.15) is 18.9 Å². The van der Waals surface area contributed by atoms with Crippen LogP contribution in [0.15, 0.2) is 64.8 Å². The summed E-state index contributed by atoms with van der Waals surface area (Å²) in [7, 11) is 0. The Balaban J connectivity index is 1.70. The summed E-state index contributed by atoms with van der Waals surface area (Å²) >= 11 is 0. The average Bonchev–Trinajstić information content (AvgIpc) is 3.24. The van der Waals surface area contributed by atoms with Crippen molar-refractivity contribution in [3.63, 3.8) is 0 Å². The van der Waals surface area contributed by atoms with Crippen molar-refractivity contribution < 1.29 is 9.53 Å². The fourth-order valence-corrected chi connectivity index (χ4v) is 3.05. The lowest BCUT2D eigenvalue weighted by atomic mass is 10.2. The van der Waals surface area contributed by atoms with Crippen molar-refractivity contribution in [2.45, 2.75) is 33.0 Å². The van der Waals surface area contributed by atoms with Crippen LogP contribution < -0.4 is 16.0 Å². The van der Waals surface area contributed by atoms with Gasteiger partial charge in [0.05, 0.1) is 12.9 Å². The zero-order valence-corrected chi connectivity index (χ0v) is 16.9. The molecule has 0 fully saturated rings. The van der Waals surface area contributed by atoms with E-state index in [0.29, 0.717) is 19.7 Å². The molecule has 9 nitrogen and oxygen atoms in total. The second kappa shape index (κ2) is 10.2. The summed E-state index contributed by atoms with van der Waals surface area (Å²) in [5, 5.41) is 0. The van der Waals surface area contributed by atoms with E-state index in [1.807, 2.05) is 42.0 Å². The van der Waals surface area contributed by atoms with Crippen molar-refractivity contribution in [2.75, 3.05) is 13.2 Å². The maximum Gasteiger partial charge on any atom is 0.328 e. The molecule has 0 aliphatic rings. The first-order valence-corrected chi connectivity index (χ1v) is 9.80. The van der Waals surface area contributed by atoms with Crippen LogP contribution in [0.3, 0.4) is 0 Å². The number of hydrogen-bond donors (Lipinski definition) is 1. The van der Waals surface area contributed by atoms with Crippen LogP contribution in [0.4, 0.5) is 0 Å². The molecule has 0 bridgehead atoms. The number of hydrogen-bond acceptors (Lipinski definition) is 5. The third-order valence-corrected chi connectivity index (χ3v) is 4.57. The molecule has 30 heavy (non-hydrogen) atoms. The number of aromatic nitrogens is 4. The van der Waals surface area contributed by atoms with Crippen LogP contribution >= 0.6 is 0 Å². The summed E-state index contributed by atoms with van der Waals surface area (Å²) < 4.78 is 8.61. The number of amides is 1. The number of carbonyl (C=O) groups excluding carboxylic acids is 1. The molecule has 0 saturated heterocycles. The smallest absolute Gasteiger partial charge is 0.328 e. The summed E-state index contributed by atoms with van der Waals surface area (Å²) in [5.74, 6) is 0.572. The van der Waals surface area contributed by atoms with E-state index in [-0.39, 0.29) is 12.5 Å². The van der Waals surface area contributed by atoms with Gasteiger partial charge in [0.25, 0.3) is 5.56 Å². The number of nitrogens with one attached hydrogen (secondary N) is 1. The highest BCUT2D eigenvalue weighted by molar-refractivity contribution is 5.76. The van der Waals surface area contributed by atoms with Crippen LogP contribution in [-0.4, -0.2) is 43.1 Å². The Hall–Kier alpha value is -3.62. The number of H-pyrrole nitrogens is 1. The summed E-state index contributed by atoms with van der Waals surface area (Å²) in [6.07, 6.45) is 7.39. The quantitative estimate of drug-likeness (QED) is 0.541. The molecule has 3 rings (SSSR count). The van der Waals surface area contributed by atoms with E-state index in [4.69, 9.17) is 4.74 Å². The maximum absolute atomic E-state index is 12.9. The highest BCUT2D eigenvalue weighted by Crippen LogP contribution is 2.14. The first-order chi connectivity index (χ1) is 14.5. The fraction of sp³-hybridized carbons (Fsp3) is 0.333. The Labute approximate surface area is 173 Å². The Morgan fingerprint density at radius 1 is 1.17 bits per heavy atom. The van der Waals surface area contributed by atoms with Crippen molar-refractivity contribution in [1.82, 2.24) is 24.0 Å². The SMILES string of the molecule is CCOc1ccc(CN(CCCn2ccnc2)C(=O)Cn2ccc(=O)[nH]c2=O)cc1. The van der Waals surface area contributed by atoms with Crippen molar-refractivity contribution in [2.24, 2.45) is 0 Å². The highest BCUT2D eigenvalue weighted by atomic mass is 16.5. The summed E-state index contributed by atoms with van der Waals surface area (Å²) in [5.41, 5.74) is -0.131. The molecule has 0 atom stereocenters. The van der Waals surface area contributed by atoms with Crippen LogP contribution in [-0.2, 0) is 24.4 Å². The van der Waals surface area contributed by atoms with E-state index in [1.165, 1.54) is 16.8 Å². The molecule has 2 heterocycles. The number of imidazole rings is 1. The number of aryl methyl sites for hydroxylation is 1. The number of carbonyl (C=O) groups is 1. The van der Waals surface area contributed by atoms with E-state index in [9.17, 15) is 14.4 Å². The first kappa shape index (κ1) is 21.1. The molecule has 158 valence electrons. The van der Waals surface area contributed by atoms with Crippen LogP contribution in [0, 0.1) is 0 Å². The molecule has 1 aromatic carbocycles. The maximum atomic E-state index is 12.9. The highest BCUT2D eigenvalue weighted by Gasteiger charge is 2.15. The van der Waals surface area contributed by atoms with Gasteiger partial charge in [-0.15, -0.1) is 0 Å². The molecule has 2 aromatic heterocycles. The Morgan fingerprint density at radius 3 is 2.63 bits per heavy atom. The second-order valence-corrected chi connectivity index (χ2v) is 6.78. The first-order valence-electron chi connectivity index (χ1n) is 9.80. The Morgan fingerprint density at radius 2 is 1.97 bits per heavy atom. The van der Waals surface area contributed by atoms with Gasteiger partial charge in [-0.05, 0) is 31.0 Å². The van der Waals surface area contributed by atoms with Crippen LogP contribution in [0.25, 0.3) is 0 Å². The largest absolute Gasteiger partial charge is 0.494 e. The van der Waals surface area contributed by atoms with Gasteiger partial charge >= 0.3 is 5.69 Å². The van der Waals surface area contributed by atoms with Gasteiger partial charge in [0.15, 0.2) is 0 Å². The molecule has 0 aliphatic carbocycles. The van der Waals surface area contributed by atoms with E-state index in [1.54, 1.807) is 17.4 Å². The van der Waals surface area contributed by atoms with E-state index in [0.717, 1.165) is 24.3 Å².